The molecule has 0 radical (unpaired) electrons. The zero-order valence-electron chi connectivity index (χ0n) is 23.3. The minimum Gasteiger partial charge on any atom is -0.354 e. The fourth-order valence-electron chi connectivity index (χ4n) is 4.80. The van der Waals surface area contributed by atoms with Gasteiger partial charge in [0.25, 0.3) is 0 Å². The molecule has 3 aromatic rings. The van der Waals surface area contributed by atoms with E-state index in [0.717, 1.165) is 40.2 Å². The Morgan fingerprint density at radius 1 is 1.03 bits per heavy atom. The molecule has 2 aromatic heterocycles. The lowest BCUT2D eigenvalue weighted by Gasteiger charge is -2.31. The Labute approximate surface area is 225 Å². The highest BCUT2D eigenvalue weighted by Crippen LogP contribution is 2.32. The van der Waals surface area contributed by atoms with Crippen LogP contribution in [0.2, 0.25) is 0 Å². The number of nitrogens with zero attached hydrogens (tertiary/aromatic N) is 8. The molecule has 9 nitrogen and oxygen atoms in total. The fraction of sp³-hybridized carbons (Fsp3) is 0.500. The zero-order chi connectivity index (χ0) is 28.6. The number of rotatable bonds is 8. The third-order valence-corrected chi connectivity index (χ3v) is 6.79. The molecule has 13 heteroatoms. The van der Waals surface area contributed by atoms with Crippen LogP contribution in [0.15, 0.2) is 29.4 Å². The van der Waals surface area contributed by atoms with E-state index in [1.807, 2.05) is 24.9 Å². The molecule has 0 aliphatic carbocycles. The summed E-state index contributed by atoms with van der Waals surface area (Å²) in [7, 11) is 5.37. The van der Waals surface area contributed by atoms with E-state index >= 15 is 0 Å². The molecule has 1 aromatic carbocycles. The second-order valence-corrected chi connectivity index (χ2v) is 10.0. The summed E-state index contributed by atoms with van der Waals surface area (Å²) >= 11 is 0. The van der Waals surface area contributed by atoms with Gasteiger partial charge in [-0.2, -0.15) is 18.3 Å². The van der Waals surface area contributed by atoms with Crippen molar-refractivity contribution in [3.05, 3.63) is 52.2 Å². The third-order valence-electron chi connectivity index (χ3n) is 6.79. The number of fused-ring (bicyclic) bond motifs is 1. The molecule has 1 aliphatic rings. The number of pyridine rings is 1. The van der Waals surface area contributed by atoms with E-state index in [2.05, 4.69) is 41.3 Å². The number of aromatic nitrogens is 3. The highest BCUT2D eigenvalue weighted by Gasteiger charge is 2.32. The van der Waals surface area contributed by atoms with Gasteiger partial charge in [0, 0.05) is 57.8 Å². The lowest BCUT2D eigenvalue weighted by Crippen LogP contribution is -2.45. The number of aryl methyl sites for hydroxylation is 2. The van der Waals surface area contributed by atoms with Gasteiger partial charge >= 0.3 is 6.18 Å². The minimum atomic E-state index is -4.59. The molecule has 0 bridgehead atoms. The standard InChI is InChI=1S/C26H35F4N9/c1-8-39(16(2)3)23-20(12-22-17(4)32-35(5)24(22)31-23)15-38(25-33-36(6)37(7)34-25)14-19-9-18(13-27)10-21(11-19)26(28,29)30/h9-12,16H,8,13-15H2,1-7H3,(H,33,34). The zero-order valence-corrected chi connectivity index (χ0v) is 23.3. The quantitative estimate of drug-likeness (QED) is 0.413. The Balaban J connectivity index is 1.83. The Bertz CT molecular complexity index is 1370. The van der Waals surface area contributed by atoms with Crippen molar-refractivity contribution in [3.63, 3.8) is 0 Å². The molecule has 0 fully saturated rings. The van der Waals surface area contributed by atoms with E-state index in [4.69, 9.17) is 4.98 Å². The molecule has 39 heavy (non-hydrogen) atoms. The van der Waals surface area contributed by atoms with Gasteiger partial charge in [-0.1, -0.05) is 6.07 Å². The van der Waals surface area contributed by atoms with Crippen molar-refractivity contribution < 1.29 is 17.6 Å². The second kappa shape index (κ2) is 10.9. The first-order valence-corrected chi connectivity index (χ1v) is 12.8. The summed E-state index contributed by atoms with van der Waals surface area (Å²) in [5.74, 6) is 1.21. The van der Waals surface area contributed by atoms with Gasteiger partial charge in [-0.3, -0.25) is 10.1 Å². The van der Waals surface area contributed by atoms with Crippen molar-refractivity contribution in [2.45, 2.75) is 59.7 Å². The largest absolute Gasteiger partial charge is 0.416 e. The van der Waals surface area contributed by atoms with Gasteiger partial charge in [0.05, 0.1) is 11.3 Å². The lowest BCUT2D eigenvalue weighted by atomic mass is 10.0. The maximum Gasteiger partial charge on any atom is 0.416 e. The number of hydrogen-bond acceptors (Lipinski definition) is 8. The first kappa shape index (κ1) is 28.4. The highest BCUT2D eigenvalue weighted by molar-refractivity contribution is 5.83. The summed E-state index contributed by atoms with van der Waals surface area (Å²) in [6.07, 6.45) is -4.59. The van der Waals surface area contributed by atoms with Gasteiger partial charge in [-0.15, -0.1) is 10.2 Å². The summed E-state index contributed by atoms with van der Waals surface area (Å²) < 4.78 is 56.1. The van der Waals surface area contributed by atoms with Crippen LogP contribution in [0.25, 0.3) is 11.0 Å². The first-order valence-electron chi connectivity index (χ1n) is 12.8. The SMILES string of the molecule is CCN(c1nc2c(cc1CN(Cc1cc(CF)cc(C(F)(F)F)c1)C1=NN(C)N(C)N1)c(C)nn2C)C(C)C. The summed E-state index contributed by atoms with van der Waals surface area (Å²) in [5, 5.41) is 13.2. The second-order valence-electron chi connectivity index (χ2n) is 10.0. The Hall–Kier alpha value is -3.61. The Kier molecular flexibility index (Phi) is 7.92. The fourth-order valence-corrected chi connectivity index (χ4v) is 4.80. The normalized spacial score (nSPS) is 14.4. The maximum atomic E-state index is 13.6. The van der Waals surface area contributed by atoms with E-state index in [0.29, 0.717) is 18.1 Å². The van der Waals surface area contributed by atoms with E-state index in [-0.39, 0.29) is 24.7 Å². The number of hydrazine groups is 2. The van der Waals surface area contributed by atoms with Gasteiger partial charge < -0.3 is 9.80 Å². The molecular formula is C26H35F4N9. The maximum absolute atomic E-state index is 13.6. The summed E-state index contributed by atoms with van der Waals surface area (Å²) in [6, 6.07) is 5.57. The number of guanidine groups is 1. The number of benzene rings is 1. The van der Waals surface area contributed by atoms with E-state index in [1.54, 1.807) is 29.0 Å². The Morgan fingerprint density at radius 2 is 1.72 bits per heavy atom. The topological polar surface area (TPSA) is 68.1 Å². The van der Waals surface area contributed by atoms with Crippen LogP contribution in [0, 0.1) is 6.92 Å². The van der Waals surface area contributed by atoms with Crippen LogP contribution in [-0.2, 0) is 33.0 Å². The van der Waals surface area contributed by atoms with Crippen LogP contribution in [0.3, 0.4) is 0 Å². The molecule has 0 spiro atoms. The van der Waals surface area contributed by atoms with Crippen LogP contribution >= 0.6 is 0 Å². The van der Waals surface area contributed by atoms with Crippen LogP contribution in [-0.4, -0.2) is 62.5 Å². The molecule has 3 heterocycles. The molecule has 4 rings (SSSR count). The molecule has 0 saturated carbocycles. The molecule has 0 amide bonds. The number of halogens is 4. The summed E-state index contributed by atoms with van der Waals surface area (Å²) in [6.45, 7) is 8.18. The van der Waals surface area contributed by atoms with Crippen molar-refractivity contribution in [1.82, 2.24) is 35.3 Å². The number of nitrogens with one attached hydrogen (secondary N) is 1. The van der Waals surface area contributed by atoms with Gasteiger partial charge in [0.2, 0.25) is 5.96 Å². The Morgan fingerprint density at radius 3 is 2.28 bits per heavy atom. The van der Waals surface area contributed by atoms with Crippen LogP contribution in [0.5, 0.6) is 0 Å². The van der Waals surface area contributed by atoms with Gasteiger partial charge in [-0.25, -0.2) is 14.5 Å². The molecular weight excluding hydrogens is 514 g/mol. The molecule has 1 N–H and O–H groups in total. The smallest absolute Gasteiger partial charge is 0.354 e. The minimum absolute atomic E-state index is 0.0259. The summed E-state index contributed by atoms with van der Waals surface area (Å²) in [4.78, 5) is 9.01. The monoisotopic (exact) mass is 549 g/mol. The van der Waals surface area contributed by atoms with Crippen molar-refractivity contribution in [2.24, 2.45) is 12.1 Å². The molecule has 0 saturated heterocycles. The third kappa shape index (κ3) is 5.87. The summed E-state index contributed by atoms with van der Waals surface area (Å²) in [5.41, 5.74) is 5.01. The predicted octanol–water partition coefficient (Wildman–Crippen LogP) is 4.57. The molecule has 212 valence electrons. The van der Waals surface area contributed by atoms with Gasteiger partial charge in [0.15, 0.2) is 5.65 Å². The van der Waals surface area contributed by atoms with E-state index in [1.165, 1.54) is 6.07 Å². The van der Waals surface area contributed by atoms with Crippen molar-refractivity contribution in [2.75, 3.05) is 25.5 Å². The predicted molar refractivity (Wildman–Crippen MR) is 143 cm³/mol. The van der Waals surface area contributed by atoms with Crippen molar-refractivity contribution in [3.8, 4) is 0 Å². The first-order chi connectivity index (χ1) is 18.3. The lowest BCUT2D eigenvalue weighted by molar-refractivity contribution is -0.137. The molecule has 0 atom stereocenters. The molecule has 0 unspecified atom stereocenters. The average molecular weight is 550 g/mol. The average Bonchev–Trinajstić information content (AvgIpc) is 3.34. The number of hydrogen-bond donors (Lipinski definition) is 1. The molecule has 1 aliphatic heterocycles. The number of anilines is 1. The van der Waals surface area contributed by atoms with Gasteiger partial charge in [-0.05, 0) is 57.0 Å². The number of hydrazone groups is 1. The van der Waals surface area contributed by atoms with Gasteiger partial charge in [0.1, 0.15) is 12.5 Å². The number of alkyl halides is 4. The van der Waals surface area contributed by atoms with Crippen molar-refractivity contribution >= 4 is 22.8 Å². The van der Waals surface area contributed by atoms with E-state index < -0.39 is 18.4 Å². The highest BCUT2D eigenvalue weighted by atomic mass is 19.4. The van der Waals surface area contributed by atoms with Crippen LogP contribution in [0.1, 0.15) is 48.7 Å². The van der Waals surface area contributed by atoms with Crippen LogP contribution in [0.4, 0.5) is 23.4 Å². The van der Waals surface area contributed by atoms with E-state index in [9.17, 15) is 17.6 Å². The van der Waals surface area contributed by atoms with Crippen LogP contribution < -0.4 is 10.3 Å². The van der Waals surface area contributed by atoms with Crippen molar-refractivity contribution in [1.29, 1.82) is 0 Å².